The summed E-state index contributed by atoms with van der Waals surface area (Å²) >= 11 is 9.82. The first-order valence-electron chi connectivity index (χ1n) is 6.36. The fraction of sp³-hybridized carbons (Fsp3) is 0.125. The Morgan fingerprint density at radius 3 is 2.67 bits per heavy atom. The van der Waals surface area contributed by atoms with Crippen LogP contribution in [0.25, 0.3) is 22.3 Å². The van der Waals surface area contributed by atoms with Gasteiger partial charge in [-0.2, -0.15) is 0 Å². The molecule has 0 N–H and O–H groups in total. The van der Waals surface area contributed by atoms with Gasteiger partial charge in [0.05, 0.1) is 18.0 Å². The third-order valence-electron chi connectivity index (χ3n) is 3.19. The number of hydrogen-bond acceptors (Lipinski definition) is 3. The Balaban J connectivity index is 2.27. The van der Waals surface area contributed by atoms with Gasteiger partial charge >= 0.3 is 0 Å². The molecule has 1 heterocycles. The van der Waals surface area contributed by atoms with E-state index in [9.17, 15) is 0 Å². The van der Waals surface area contributed by atoms with E-state index in [2.05, 4.69) is 25.9 Å². The van der Waals surface area contributed by atoms with Crippen LogP contribution in [0.1, 0.15) is 5.56 Å². The third kappa shape index (κ3) is 2.74. The predicted octanol–water partition coefficient (Wildman–Crippen LogP) is 5.03. The first-order chi connectivity index (χ1) is 10.1. The topological polar surface area (TPSA) is 35.0 Å². The Kier molecular flexibility index (Phi) is 3.83. The second kappa shape index (κ2) is 5.62. The Hall–Kier alpha value is -1.65. The van der Waals surface area contributed by atoms with Gasteiger partial charge in [0.15, 0.2) is 5.82 Å². The van der Waals surface area contributed by atoms with Crippen molar-refractivity contribution >= 4 is 38.4 Å². The molecule has 0 bridgehead atoms. The van der Waals surface area contributed by atoms with Gasteiger partial charge in [0.25, 0.3) is 0 Å². The van der Waals surface area contributed by atoms with Crippen molar-refractivity contribution in [2.45, 2.75) is 6.92 Å². The fourth-order valence-corrected chi connectivity index (χ4v) is 3.19. The summed E-state index contributed by atoms with van der Waals surface area (Å²) in [5.74, 6) is 1.33. The SMILES string of the molecule is COc1cc(Br)c2c(Cl)nc(-c3cccc(C)c3)nc2c1. The lowest BCUT2D eigenvalue weighted by molar-refractivity contribution is 0.415. The summed E-state index contributed by atoms with van der Waals surface area (Å²) in [7, 11) is 1.62. The second-order valence-electron chi connectivity index (χ2n) is 4.71. The normalized spacial score (nSPS) is 10.9. The minimum atomic E-state index is 0.422. The molecule has 5 heteroatoms. The summed E-state index contributed by atoms with van der Waals surface area (Å²) < 4.78 is 6.09. The average Bonchev–Trinajstić information content (AvgIpc) is 2.46. The van der Waals surface area contributed by atoms with Crippen LogP contribution in [0.4, 0.5) is 0 Å². The highest BCUT2D eigenvalue weighted by Gasteiger charge is 2.12. The Morgan fingerprint density at radius 2 is 1.95 bits per heavy atom. The minimum Gasteiger partial charge on any atom is -0.497 e. The molecule has 1 aromatic heterocycles. The van der Waals surface area contributed by atoms with Crippen molar-refractivity contribution in [3.8, 4) is 17.1 Å². The third-order valence-corrected chi connectivity index (χ3v) is 4.09. The summed E-state index contributed by atoms with van der Waals surface area (Å²) in [4.78, 5) is 9.02. The molecule has 21 heavy (non-hydrogen) atoms. The molecule has 0 aliphatic rings. The zero-order valence-corrected chi connectivity index (χ0v) is 13.9. The molecule has 0 spiro atoms. The van der Waals surface area contributed by atoms with E-state index in [0.29, 0.717) is 11.0 Å². The highest BCUT2D eigenvalue weighted by Crippen LogP contribution is 2.34. The Labute approximate surface area is 136 Å². The van der Waals surface area contributed by atoms with Gasteiger partial charge in [-0.15, -0.1) is 0 Å². The monoisotopic (exact) mass is 362 g/mol. The molecule has 0 radical (unpaired) electrons. The molecule has 0 aliphatic carbocycles. The number of ether oxygens (including phenoxy) is 1. The van der Waals surface area contributed by atoms with Crippen molar-refractivity contribution in [3.63, 3.8) is 0 Å². The van der Waals surface area contributed by atoms with Gasteiger partial charge in [-0.1, -0.05) is 35.4 Å². The quantitative estimate of drug-likeness (QED) is 0.599. The number of hydrogen-bond donors (Lipinski definition) is 0. The molecule has 3 aromatic rings. The van der Waals surface area contributed by atoms with E-state index in [4.69, 9.17) is 16.3 Å². The summed E-state index contributed by atoms with van der Waals surface area (Å²) in [5, 5.41) is 1.21. The molecule has 3 rings (SSSR count). The van der Waals surface area contributed by atoms with Crippen LogP contribution in [0, 0.1) is 6.92 Å². The molecule has 0 saturated heterocycles. The Bertz CT molecular complexity index is 836. The van der Waals surface area contributed by atoms with E-state index < -0.39 is 0 Å². The smallest absolute Gasteiger partial charge is 0.161 e. The van der Waals surface area contributed by atoms with Crippen LogP contribution in [-0.2, 0) is 0 Å². The molecule has 0 fully saturated rings. The lowest BCUT2D eigenvalue weighted by atomic mass is 10.1. The summed E-state index contributed by atoms with van der Waals surface area (Å²) in [6, 6.07) is 11.7. The summed E-state index contributed by atoms with van der Waals surface area (Å²) in [5.41, 5.74) is 2.84. The predicted molar refractivity (Wildman–Crippen MR) is 89.0 cm³/mol. The van der Waals surface area contributed by atoms with Crippen LogP contribution >= 0.6 is 27.5 Å². The first-order valence-corrected chi connectivity index (χ1v) is 7.53. The number of fused-ring (bicyclic) bond motifs is 1. The number of methoxy groups -OCH3 is 1. The lowest BCUT2D eigenvalue weighted by Gasteiger charge is -2.08. The zero-order chi connectivity index (χ0) is 15.0. The number of rotatable bonds is 2. The second-order valence-corrected chi connectivity index (χ2v) is 5.92. The number of halogens is 2. The maximum absolute atomic E-state index is 6.33. The number of nitrogens with zero attached hydrogens (tertiary/aromatic N) is 2. The van der Waals surface area contributed by atoms with E-state index >= 15 is 0 Å². The molecule has 0 aliphatic heterocycles. The van der Waals surface area contributed by atoms with Crippen LogP contribution in [0.3, 0.4) is 0 Å². The van der Waals surface area contributed by atoms with E-state index in [1.807, 2.05) is 43.3 Å². The minimum absolute atomic E-state index is 0.422. The van der Waals surface area contributed by atoms with Gasteiger partial charge in [0.2, 0.25) is 0 Å². The molecule has 2 aromatic carbocycles. The van der Waals surface area contributed by atoms with E-state index in [1.165, 1.54) is 0 Å². The molecule has 0 unspecified atom stereocenters. The fourth-order valence-electron chi connectivity index (χ4n) is 2.18. The maximum atomic E-state index is 6.33. The van der Waals surface area contributed by atoms with Gasteiger partial charge in [-0.25, -0.2) is 9.97 Å². The van der Waals surface area contributed by atoms with Gasteiger partial charge in [0.1, 0.15) is 10.9 Å². The zero-order valence-electron chi connectivity index (χ0n) is 11.5. The maximum Gasteiger partial charge on any atom is 0.161 e. The van der Waals surface area contributed by atoms with Crippen molar-refractivity contribution in [1.29, 1.82) is 0 Å². The standard InChI is InChI=1S/C16H12BrClN2O/c1-9-4-3-5-10(6-9)16-19-13-8-11(21-2)7-12(17)14(13)15(18)20-16/h3-8H,1-2H3. The van der Waals surface area contributed by atoms with Gasteiger partial charge in [-0.3, -0.25) is 0 Å². The van der Waals surface area contributed by atoms with Crippen LogP contribution in [0.5, 0.6) is 5.75 Å². The molecular formula is C16H12BrClN2O. The van der Waals surface area contributed by atoms with Crippen molar-refractivity contribution in [2.75, 3.05) is 7.11 Å². The van der Waals surface area contributed by atoms with Crippen LogP contribution in [0.2, 0.25) is 5.15 Å². The summed E-state index contributed by atoms with van der Waals surface area (Å²) in [6.45, 7) is 2.03. The van der Waals surface area contributed by atoms with Gasteiger partial charge in [0, 0.05) is 16.1 Å². The van der Waals surface area contributed by atoms with Crippen molar-refractivity contribution < 1.29 is 4.74 Å². The molecule has 0 saturated carbocycles. The molecule has 0 amide bonds. The van der Waals surface area contributed by atoms with Crippen LogP contribution in [0.15, 0.2) is 40.9 Å². The Morgan fingerprint density at radius 1 is 1.14 bits per heavy atom. The van der Waals surface area contributed by atoms with Gasteiger partial charge < -0.3 is 4.74 Å². The van der Waals surface area contributed by atoms with Gasteiger partial charge in [-0.05, 0) is 35.0 Å². The highest BCUT2D eigenvalue weighted by molar-refractivity contribution is 9.10. The number of benzene rings is 2. The van der Waals surface area contributed by atoms with Crippen molar-refractivity contribution in [1.82, 2.24) is 9.97 Å². The van der Waals surface area contributed by atoms with Crippen LogP contribution < -0.4 is 4.74 Å². The van der Waals surface area contributed by atoms with Crippen LogP contribution in [-0.4, -0.2) is 17.1 Å². The van der Waals surface area contributed by atoms with E-state index in [-0.39, 0.29) is 0 Å². The number of aromatic nitrogens is 2. The molecule has 0 atom stereocenters. The lowest BCUT2D eigenvalue weighted by Crippen LogP contribution is -1.94. The van der Waals surface area contributed by atoms with E-state index in [0.717, 1.165) is 32.3 Å². The van der Waals surface area contributed by atoms with E-state index in [1.54, 1.807) is 7.11 Å². The van der Waals surface area contributed by atoms with Crippen molar-refractivity contribution in [3.05, 3.63) is 51.6 Å². The first kappa shape index (κ1) is 14.3. The molecule has 3 nitrogen and oxygen atoms in total. The molecule has 106 valence electrons. The molecular weight excluding hydrogens is 352 g/mol. The summed E-state index contributed by atoms with van der Waals surface area (Å²) in [6.07, 6.45) is 0. The average molecular weight is 364 g/mol. The number of aryl methyl sites for hydroxylation is 1. The largest absolute Gasteiger partial charge is 0.497 e. The highest BCUT2D eigenvalue weighted by atomic mass is 79.9. The van der Waals surface area contributed by atoms with Crippen molar-refractivity contribution in [2.24, 2.45) is 0 Å².